The summed E-state index contributed by atoms with van der Waals surface area (Å²) < 4.78 is 0. The van der Waals surface area contributed by atoms with Crippen LogP contribution in [0.1, 0.15) is 11.1 Å². The van der Waals surface area contributed by atoms with Gasteiger partial charge in [-0.3, -0.25) is 0 Å². The number of hydrogen-bond donors (Lipinski definition) is 2. The number of nitrogens with zero attached hydrogens (tertiary/aromatic N) is 1. The Morgan fingerprint density at radius 2 is 1.76 bits per heavy atom. The summed E-state index contributed by atoms with van der Waals surface area (Å²) >= 11 is 0. The molecule has 0 aliphatic rings. The molecule has 0 aliphatic heterocycles. The van der Waals surface area contributed by atoms with Crippen LogP contribution in [-0.2, 0) is 0 Å². The largest absolute Gasteiger partial charge is 0.399 e. The van der Waals surface area contributed by atoms with E-state index in [4.69, 9.17) is 5.73 Å². The van der Waals surface area contributed by atoms with Gasteiger partial charge < -0.3 is 11.1 Å². The van der Waals surface area contributed by atoms with E-state index >= 15 is 0 Å². The molecule has 3 aromatic carbocycles. The van der Waals surface area contributed by atoms with Gasteiger partial charge in [-0.2, -0.15) is 0 Å². The lowest BCUT2D eigenvalue weighted by Crippen LogP contribution is -2.28. The van der Waals surface area contributed by atoms with Crippen LogP contribution in [0.3, 0.4) is 0 Å². The number of benzene rings is 3. The number of nitroso groups, excluding NO2 is 1. The van der Waals surface area contributed by atoms with Crippen LogP contribution >= 0.6 is 0 Å². The van der Waals surface area contributed by atoms with Crippen molar-refractivity contribution in [1.82, 2.24) is 0 Å². The summed E-state index contributed by atoms with van der Waals surface area (Å²) in [6.07, 6.45) is 0. The highest BCUT2D eigenvalue weighted by molar-refractivity contribution is 5.78. The van der Waals surface area contributed by atoms with Crippen molar-refractivity contribution in [3.05, 3.63) is 93.2 Å². The number of nitrogen functional groups attached to an aromatic ring is 1. The Kier molecular flexibility index (Phi) is 4.61. The third-order valence-electron chi connectivity index (χ3n) is 4.06. The lowest BCUT2D eigenvalue weighted by Gasteiger charge is -2.15. The fourth-order valence-electron chi connectivity index (χ4n) is 2.72. The van der Waals surface area contributed by atoms with Crippen molar-refractivity contribution in [2.75, 3.05) is 11.1 Å². The molecule has 4 heteroatoms. The van der Waals surface area contributed by atoms with Crippen LogP contribution in [0.25, 0.3) is 12.3 Å². The monoisotopic (exact) mass is 329 g/mol. The van der Waals surface area contributed by atoms with Crippen molar-refractivity contribution in [2.45, 2.75) is 6.92 Å². The Balaban J connectivity index is 2.24. The van der Waals surface area contributed by atoms with Gasteiger partial charge in [0.05, 0.1) is 5.70 Å². The van der Waals surface area contributed by atoms with E-state index in [0.29, 0.717) is 11.4 Å². The highest BCUT2D eigenvalue weighted by Crippen LogP contribution is 2.20. The maximum Gasteiger partial charge on any atom is 0.108 e. The predicted octanol–water partition coefficient (Wildman–Crippen LogP) is 3.65. The van der Waals surface area contributed by atoms with Crippen LogP contribution in [-0.4, -0.2) is 0 Å². The molecule has 0 amide bonds. The van der Waals surface area contributed by atoms with E-state index in [1.165, 1.54) is 0 Å². The van der Waals surface area contributed by atoms with Gasteiger partial charge in [0.15, 0.2) is 0 Å². The second-order valence-electron chi connectivity index (χ2n) is 5.87. The van der Waals surface area contributed by atoms with Crippen molar-refractivity contribution >= 4 is 29.3 Å². The van der Waals surface area contributed by atoms with E-state index < -0.39 is 0 Å². The smallest absolute Gasteiger partial charge is 0.108 e. The normalized spacial score (nSPS) is 11.7. The minimum atomic E-state index is 0.366. The number of hydrogen-bond acceptors (Lipinski definition) is 4. The molecule has 0 aliphatic carbocycles. The summed E-state index contributed by atoms with van der Waals surface area (Å²) in [6, 6.07) is 20.9. The number of aryl methyl sites for hydroxylation is 1. The Hall–Kier alpha value is -3.40. The lowest BCUT2D eigenvalue weighted by molar-refractivity contribution is 1.36. The van der Waals surface area contributed by atoms with Crippen molar-refractivity contribution in [1.29, 1.82) is 0 Å². The third-order valence-corrected chi connectivity index (χ3v) is 4.06. The summed E-state index contributed by atoms with van der Waals surface area (Å²) in [5, 5.41) is 8.10. The molecule has 0 spiro atoms. The first-order valence-corrected chi connectivity index (χ1v) is 7.94. The maximum absolute atomic E-state index is 10.8. The van der Waals surface area contributed by atoms with E-state index in [9.17, 15) is 4.91 Å². The van der Waals surface area contributed by atoms with Gasteiger partial charge in [0.1, 0.15) is 5.69 Å². The summed E-state index contributed by atoms with van der Waals surface area (Å²) in [5.41, 5.74) is 10.9. The lowest BCUT2D eigenvalue weighted by atomic mass is 10.0. The molecule has 0 radical (unpaired) electrons. The molecule has 3 rings (SSSR count). The number of rotatable bonds is 4. The molecule has 0 saturated carbocycles. The number of nitrogens with two attached hydrogens (primary N) is 1. The number of anilines is 2. The van der Waals surface area contributed by atoms with E-state index in [2.05, 4.69) is 36.1 Å². The van der Waals surface area contributed by atoms with Crippen LogP contribution in [0, 0.1) is 11.8 Å². The molecule has 25 heavy (non-hydrogen) atoms. The second-order valence-corrected chi connectivity index (χ2v) is 5.87. The Morgan fingerprint density at radius 1 is 1.04 bits per heavy atom. The fraction of sp³-hybridized carbons (Fsp3) is 0.0476. The van der Waals surface area contributed by atoms with Gasteiger partial charge in [-0.1, -0.05) is 36.9 Å². The van der Waals surface area contributed by atoms with Crippen molar-refractivity contribution in [2.24, 2.45) is 5.18 Å². The zero-order chi connectivity index (χ0) is 17.8. The molecule has 3 aromatic rings. The summed E-state index contributed by atoms with van der Waals surface area (Å²) in [6.45, 7) is 6.14. The van der Waals surface area contributed by atoms with Gasteiger partial charge >= 0.3 is 0 Å². The molecule has 124 valence electrons. The Labute approximate surface area is 146 Å². The third kappa shape index (κ3) is 3.58. The standard InChI is InChI=1S/C21H19N3O/c1-14-5-3-4-6-19(14)21(23-17-9-7-16(22)8-10-17)20-12-11-18(24-25)13-15(20)2/h3-13,23H,2,22H2,1H3/b21-20+. The Bertz CT molecular complexity index is 1020. The molecule has 0 atom stereocenters. The molecule has 0 saturated heterocycles. The molecule has 0 heterocycles. The second kappa shape index (κ2) is 7.01. The molecular weight excluding hydrogens is 310 g/mol. The topological polar surface area (TPSA) is 67.5 Å². The van der Waals surface area contributed by atoms with Gasteiger partial charge in [-0.05, 0) is 59.3 Å². The van der Waals surface area contributed by atoms with Gasteiger partial charge in [-0.15, -0.1) is 4.91 Å². The quantitative estimate of drug-likeness (QED) is 0.567. The first kappa shape index (κ1) is 16.5. The Morgan fingerprint density at radius 3 is 2.40 bits per heavy atom. The summed E-state index contributed by atoms with van der Waals surface area (Å²) in [4.78, 5) is 10.8. The van der Waals surface area contributed by atoms with Crippen molar-refractivity contribution < 1.29 is 0 Å². The van der Waals surface area contributed by atoms with Crippen molar-refractivity contribution in [3.63, 3.8) is 0 Å². The predicted molar refractivity (Wildman–Crippen MR) is 105 cm³/mol. The average molecular weight is 329 g/mol. The van der Waals surface area contributed by atoms with E-state index in [1.54, 1.807) is 12.1 Å². The minimum absolute atomic E-state index is 0.366. The van der Waals surface area contributed by atoms with Gasteiger partial charge in [0.2, 0.25) is 0 Å². The van der Waals surface area contributed by atoms with E-state index in [1.807, 2.05) is 42.5 Å². The van der Waals surface area contributed by atoms with Gasteiger partial charge in [0, 0.05) is 22.2 Å². The first-order chi connectivity index (χ1) is 12.1. The fourth-order valence-corrected chi connectivity index (χ4v) is 2.72. The summed E-state index contributed by atoms with van der Waals surface area (Å²) in [7, 11) is 0. The molecule has 0 aromatic heterocycles. The SMILES string of the molecule is C=c1cc(N=O)cc/c1=C(\Nc1ccc(N)cc1)c1ccccc1C. The zero-order valence-corrected chi connectivity index (χ0v) is 14.0. The molecule has 4 nitrogen and oxygen atoms in total. The van der Waals surface area contributed by atoms with Crippen LogP contribution in [0.4, 0.5) is 17.1 Å². The van der Waals surface area contributed by atoms with Gasteiger partial charge in [0.25, 0.3) is 0 Å². The minimum Gasteiger partial charge on any atom is -0.399 e. The highest BCUT2D eigenvalue weighted by atomic mass is 16.3. The highest BCUT2D eigenvalue weighted by Gasteiger charge is 2.08. The van der Waals surface area contributed by atoms with Crippen LogP contribution < -0.4 is 21.5 Å². The van der Waals surface area contributed by atoms with Crippen LogP contribution in [0.5, 0.6) is 0 Å². The molecule has 0 fully saturated rings. The van der Waals surface area contributed by atoms with Crippen molar-refractivity contribution in [3.8, 4) is 0 Å². The molecular formula is C21H19N3O. The van der Waals surface area contributed by atoms with Gasteiger partial charge in [-0.25, -0.2) is 0 Å². The average Bonchev–Trinajstić information content (AvgIpc) is 2.62. The zero-order valence-electron chi connectivity index (χ0n) is 14.0. The molecule has 0 unspecified atom stereocenters. The summed E-state index contributed by atoms with van der Waals surface area (Å²) in [5.74, 6) is 0. The van der Waals surface area contributed by atoms with E-state index in [-0.39, 0.29) is 0 Å². The number of nitrogens with one attached hydrogen (secondary N) is 1. The van der Waals surface area contributed by atoms with E-state index in [0.717, 1.165) is 32.9 Å². The molecule has 0 bridgehead atoms. The van der Waals surface area contributed by atoms with Crippen LogP contribution in [0.2, 0.25) is 0 Å². The van der Waals surface area contributed by atoms with Crippen LogP contribution in [0.15, 0.2) is 71.9 Å². The molecule has 3 N–H and O–H groups in total. The first-order valence-electron chi connectivity index (χ1n) is 7.94. The maximum atomic E-state index is 10.8.